The molecule has 246 valence electrons. The lowest BCUT2D eigenvalue weighted by Gasteiger charge is -2.28. The Bertz CT molecular complexity index is 1820. The van der Waals surface area contributed by atoms with E-state index in [1.807, 2.05) is 53.3 Å². The van der Waals surface area contributed by atoms with Crippen LogP contribution in [0, 0.1) is 0 Å². The van der Waals surface area contributed by atoms with Crippen LogP contribution in [0.25, 0.3) is 27.8 Å². The van der Waals surface area contributed by atoms with Crippen LogP contribution in [0.2, 0.25) is 0 Å². The summed E-state index contributed by atoms with van der Waals surface area (Å²) in [5.41, 5.74) is 5.73. The van der Waals surface area contributed by atoms with Gasteiger partial charge in [-0.05, 0) is 30.3 Å². The van der Waals surface area contributed by atoms with E-state index in [-0.39, 0.29) is 0 Å². The molecule has 6 heterocycles. The van der Waals surface area contributed by atoms with Crippen molar-refractivity contribution in [2.24, 2.45) is 0 Å². The molecular weight excluding hydrogens is 617 g/mol. The molecule has 12 nitrogen and oxygen atoms in total. The van der Waals surface area contributed by atoms with E-state index in [0.717, 1.165) is 90.0 Å². The van der Waals surface area contributed by atoms with Crippen LogP contribution in [0.1, 0.15) is 5.69 Å². The first-order valence-electron chi connectivity index (χ1n) is 15.2. The van der Waals surface area contributed by atoms with Gasteiger partial charge in [-0.3, -0.25) is 4.98 Å². The van der Waals surface area contributed by atoms with Crippen LogP contribution >= 0.6 is 0 Å². The van der Waals surface area contributed by atoms with Crippen molar-refractivity contribution in [1.29, 1.82) is 0 Å². The molecule has 2 aliphatic rings. The summed E-state index contributed by atoms with van der Waals surface area (Å²) in [5, 5.41) is 16.3. The van der Waals surface area contributed by atoms with Gasteiger partial charge in [0.2, 0.25) is 0 Å². The van der Waals surface area contributed by atoms with Crippen LogP contribution in [0.5, 0.6) is 5.75 Å². The lowest BCUT2D eigenvalue weighted by Crippen LogP contribution is -2.43. The zero-order chi connectivity index (χ0) is 32.8. The first kappa shape index (κ1) is 31.9. The van der Waals surface area contributed by atoms with Gasteiger partial charge in [-0.1, -0.05) is 18.2 Å². The Kier molecular flexibility index (Phi) is 9.63. The number of alkyl halides is 3. The highest BCUT2D eigenvalue weighted by atomic mass is 19.4. The molecule has 0 aliphatic carbocycles. The van der Waals surface area contributed by atoms with E-state index in [1.165, 1.54) is 0 Å². The van der Waals surface area contributed by atoms with Gasteiger partial charge in [-0.15, -0.1) is 0 Å². The number of rotatable bonds is 7. The Morgan fingerprint density at radius 3 is 2.47 bits per heavy atom. The zero-order valence-corrected chi connectivity index (χ0v) is 25.4. The van der Waals surface area contributed by atoms with Crippen molar-refractivity contribution in [3.05, 3.63) is 72.8 Å². The van der Waals surface area contributed by atoms with Crippen molar-refractivity contribution in [2.45, 2.75) is 12.6 Å². The molecule has 2 fully saturated rings. The number of ether oxygens (including phenoxy) is 2. The average Bonchev–Trinajstić information content (AvgIpc) is 3.47. The quantitative estimate of drug-likeness (QED) is 0.267. The molecule has 0 bridgehead atoms. The Hall–Kier alpha value is -5.02. The second-order valence-electron chi connectivity index (χ2n) is 10.9. The number of piperazine rings is 1. The minimum absolute atomic E-state index is 0.468. The van der Waals surface area contributed by atoms with Gasteiger partial charge in [-0.2, -0.15) is 18.3 Å². The number of aromatic nitrogens is 5. The number of carboxylic acids is 1. The summed E-state index contributed by atoms with van der Waals surface area (Å²) in [4.78, 5) is 28.0. The molecule has 0 saturated carbocycles. The number of benzene rings is 1. The summed E-state index contributed by atoms with van der Waals surface area (Å²) in [6.45, 7) is 7.41. The van der Waals surface area contributed by atoms with E-state index in [9.17, 15) is 13.2 Å². The topological polar surface area (TPSA) is 130 Å². The van der Waals surface area contributed by atoms with Crippen molar-refractivity contribution in [2.75, 3.05) is 68.9 Å². The molecule has 1 aromatic carbocycles. The molecule has 2 N–H and O–H groups in total. The first-order chi connectivity index (χ1) is 22.8. The smallest absolute Gasteiger partial charge is 0.490 e. The zero-order valence-electron chi connectivity index (χ0n) is 25.4. The molecule has 0 atom stereocenters. The van der Waals surface area contributed by atoms with Gasteiger partial charge in [0.1, 0.15) is 11.6 Å². The van der Waals surface area contributed by atoms with Crippen molar-refractivity contribution in [3.8, 4) is 17.0 Å². The Labute approximate surface area is 267 Å². The SMILES string of the molecule is O=C(O)C(F)(F)F.c1ccc2ncc(OCCc3nc4c(N5CCOCC5)ccnn4c3-c3ccc(N4CCNCC4)nc3)cc2c1. The third-order valence-corrected chi connectivity index (χ3v) is 7.80. The average molecular weight is 651 g/mol. The number of nitrogens with zero attached hydrogens (tertiary/aromatic N) is 7. The largest absolute Gasteiger partial charge is 0.492 e. The molecule has 0 amide bonds. The second kappa shape index (κ2) is 14.2. The maximum absolute atomic E-state index is 10.6. The summed E-state index contributed by atoms with van der Waals surface area (Å²) < 4.78 is 45.4. The fourth-order valence-electron chi connectivity index (χ4n) is 5.50. The minimum atomic E-state index is -5.08. The van der Waals surface area contributed by atoms with Gasteiger partial charge in [0.25, 0.3) is 0 Å². The summed E-state index contributed by atoms with van der Waals surface area (Å²) in [7, 11) is 0. The molecule has 47 heavy (non-hydrogen) atoms. The Balaban J connectivity index is 0.000000499. The summed E-state index contributed by atoms with van der Waals surface area (Å²) >= 11 is 0. The molecule has 4 aromatic heterocycles. The number of nitrogens with one attached hydrogen (secondary N) is 1. The number of carboxylic acid groups (broad SMARTS) is 1. The third kappa shape index (κ3) is 7.52. The predicted octanol–water partition coefficient (Wildman–Crippen LogP) is 3.84. The summed E-state index contributed by atoms with van der Waals surface area (Å²) in [6, 6.07) is 16.4. The summed E-state index contributed by atoms with van der Waals surface area (Å²) in [5.74, 6) is -1.01. The number of hydrogen-bond acceptors (Lipinski definition) is 10. The molecule has 7 rings (SSSR count). The minimum Gasteiger partial charge on any atom is -0.492 e. The van der Waals surface area contributed by atoms with Crippen molar-refractivity contribution in [1.82, 2.24) is 29.9 Å². The van der Waals surface area contributed by atoms with Crippen LogP contribution < -0.4 is 19.9 Å². The number of anilines is 2. The molecule has 0 radical (unpaired) electrons. The van der Waals surface area contributed by atoms with Gasteiger partial charge >= 0.3 is 12.1 Å². The van der Waals surface area contributed by atoms with Crippen molar-refractivity contribution >= 4 is 34.0 Å². The molecule has 15 heteroatoms. The van der Waals surface area contributed by atoms with E-state index >= 15 is 0 Å². The van der Waals surface area contributed by atoms with Crippen LogP contribution in [0.3, 0.4) is 0 Å². The van der Waals surface area contributed by atoms with E-state index in [0.29, 0.717) is 26.2 Å². The molecule has 5 aromatic rings. The maximum atomic E-state index is 10.6. The second-order valence-corrected chi connectivity index (χ2v) is 10.9. The maximum Gasteiger partial charge on any atom is 0.490 e. The number of morpholine rings is 1. The highest BCUT2D eigenvalue weighted by Gasteiger charge is 2.38. The number of halogens is 3. The van der Waals surface area contributed by atoms with Gasteiger partial charge in [-0.25, -0.2) is 19.3 Å². The standard InChI is InChI=1S/C30H32N8O2.C2HF3O2/c1-2-4-25-22(3-1)19-24(21-32-25)40-16-8-26-29(23-5-6-28(33-20-23)37-12-10-31-11-13-37)38-30(35-26)27(7-9-34-38)36-14-17-39-18-15-36;3-2(4,5)1(6)7/h1-7,9,19-21,31H,8,10-18H2;(H,6,7). The molecule has 2 saturated heterocycles. The lowest BCUT2D eigenvalue weighted by atomic mass is 10.1. The van der Waals surface area contributed by atoms with Gasteiger partial charge in [0, 0.05) is 62.8 Å². The van der Waals surface area contributed by atoms with Gasteiger partial charge in [0.05, 0.1) is 54.8 Å². The van der Waals surface area contributed by atoms with Crippen molar-refractivity contribution < 1.29 is 32.5 Å². The number of fused-ring (bicyclic) bond motifs is 2. The number of imidazole rings is 1. The molecular formula is C32H33F3N8O4. The van der Waals surface area contributed by atoms with E-state index in [1.54, 1.807) is 6.20 Å². The van der Waals surface area contributed by atoms with Gasteiger partial charge < -0.3 is 29.7 Å². The number of pyridine rings is 2. The van der Waals surface area contributed by atoms with Crippen LogP contribution in [-0.2, 0) is 16.0 Å². The first-order valence-corrected chi connectivity index (χ1v) is 15.2. The van der Waals surface area contributed by atoms with Crippen LogP contribution in [-0.4, -0.2) is 101 Å². The fourth-order valence-corrected chi connectivity index (χ4v) is 5.50. The van der Waals surface area contributed by atoms with Crippen LogP contribution in [0.4, 0.5) is 24.7 Å². The number of para-hydroxylation sites is 1. The highest BCUT2D eigenvalue weighted by Crippen LogP contribution is 2.31. The van der Waals surface area contributed by atoms with Gasteiger partial charge in [0.15, 0.2) is 5.65 Å². The Morgan fingerprint density at radius 2 is 1.74 bits per heavy atom. The number of carbonyl (C=O) groups is 1. The molecule has 2 aliphatic heterocycles. The molecule has 0 spiro atoms. The lowest BCUT2D eigenvalue weighted by molar-refractivity contribution is -0.192. The van der Waals surface area contributed by atoms with E-state index in [4.69, 9.17) is 34.4 Å². The number of hydrogen-bond donors (Lipinski definition) is 2. The van der Waals surface area contributed by atoms with Crippen LogP contribution in [0.15, 0.2) is 67.1 Å². The third-order valence-electron chi connectivity index (χ3n) is 7.80. The van der Waals surface area contributed by atoms with E-state index in [2.05, 4.69) is 32.2 Å². The number of aliphatic carboxylic acids is 1. The summed E-state index contributed by atoms with van der Waals surface area (Å²) in [6.07, 6.45) is 1.12. The van der Waals surface area contributed by atoms with E-state index < -0.39 is 12.1 Å². The fraction of sp³-hybridized carbons (Fsp3) is 0.344. The normalized spacial score (nSPS) is 15.4. The highest BCUT2D eigenvalue weighted by molar-refractivity contribution is 5.79. The predicted molar refractivity (Wildman–Crippen MR) is 169 cm³/mol. The van der Waals surface area contributed by atoms with Crippen molar-refractivity contribution in [3.63, 3.8) is 0 Å². The Morgan fingerprint density at radius 1 is 0.979 bits per heavy atom. The monoisotopic (exact) mass is 650 g/mol. The molecule has 0 unspecified atom stereocenters.